The lowest BCUT2D eigenvalue weighted by molar-refractivity contribution is -0.394. The number of hydrogen-bond acceptors (Lipinski definition) is 12. The van der Waals surface area contributed by atoms with Gasteiger partial charge in [0.05, 0.1) is 58.6 Å². The predicted octanol–water partition coefficient (Wildman–Crippen LogP) is 4.42. The summed E-state index contributed by atoms with van der Waals surface area (Å²) in [7, 11) is 2.91. The Morgan fingerprint density at radius 2 is 1.70 bits per heavy atom. The van der Waals surface area contributed by atoms with Crippen LogP contribution in [0.25, 0.3) is 6.08 Å². The van der Waals surface area contributed by atoms with Crippen LogP contribution in [0, 0.1) is 20.2 Å². The number of carbonyl (C=O) groups is 1. The van der Waals surface area contributed by atoms with Gasteiger partial charge in [-0.05, 0) is 61.4 Å². The summed E-state index contributed by atoms with van der Waals surface area (Å²) in [6.07, 6.45) is 1.62. The number of esters is 1. The normalized spacial score (nSPS) is 14.3. The highest BCUT2D eigenvalue weighted by Crippen LogP contribution is 2.38. The molecule has 0 spiro atoms. The van der Waals surface area contributed by atoms with Crippen LogP contribution in [0.15, 0.2) is 81.7 Å². The zero-order chi connectivity index (χ0) is 33.1. The smallest absolute Gasteiger partial charge is 0.338 e. The molecule has 0 aliphatic carbocycles. The minimum atomic E-state index is -0.800. The minimum Gasteiger partial charge on any atom is -0.497 e. The van der Waals surface area contributed by atoms with Gasteiger partial charge in [0.1, 0.15) is 5.75 Å². The number of carbonyl (C=O) groups excluding carboxylic acids is 1. The van der Waals surface area contributed by atoms with Gasteiger partial charge in [-0.2, -0.15) is 0 Å². The van der Waals surface area contributed by atoms with Gasteiger partial charge in [0, 0.05) is 6.07 Å². The van der Waals surface area contributed by atoms with Gasteiger partial charge >= 0.3 is 11.7 Å². The van der Waals surface area contributed by atoms with Crippen molar-refractivity contribution in [2.75, 3.05) is 20.8 Å². The van der Waals surface area contributed by atoms with Gasteiger partial charge < -0.3 is 18.9 Å². The highest BCUT2D eigenvalue weighted by atomic mass is 32.1. The van der Waals surface area contributed by atoms with Gasteiger partial charge in [-0.1, -0.05) is 29.5 Å². The molecule has 14 nitrogen and oxygen atoms in total. The molecule has 0 N–H and O–H groups in total. The molecule has 0 amide bonds. The summed E-state index contributed by atoms with van der Waals surface area (Å²) < 4.78 is 23.6. The van der Waals surface area contributed by atoms with E-state index in [1.54, 1.807) is 63.4 Å². The molecule has 2 heterocycles. The Bertz CT molecular complexity index is 2080. The average molecular weight is 647 g/mol. The van der Waals surface area contributed by atoms with Crippen LogP contribution in [0.5, 0.6) is 23.0 Å². The SMILES string of the molecule is CCOC(=O)C1=C(C)N=c2sc(=Cc3ccc(Oc4ccc([N+](=O)[O-])cc4[N+](=O)[O-])c(OC)c3)c(=O)n2C1c1ccc(OC)cc1. The Morgan fingerprint density at radius 3 is 2.33 bits per heavy atom. The molecule has 0 radical (unpaired) electrons. The van der Waals surface area contributed by atoms with E-state index in [0.717, 1.165) is 29.5 Å². The lowest BCUT2D eigenvalue weighted by atomic mass is 9.96. The van der Waals surface area contributed by atoms with E-state index in [1.807, 2.05) is 0 Å². The number of rotatable bonds is 10. The molecule has 0 bridgehead atoms. The second kappa shape index (κ2) is 13.0. The summed E-state index contributed by atoms with van der Waals surface area (Å²) in [6.45, 7) is 3.54. The van der Waals surface area contributed by atoms with E-state index in [2.05, 4.69) is 4.99 Å². The molecule has 1 aromatic heterocycles. The molecule has 4 aromatic rings. The van der Waals surface area contributed by atoms with Crippen molar-refractivity contribution >= 4 is 34.8 Å². The highest BCUT2D eigenvalue weighted by Gasteiger charge is 2.33. The van der Waals surface area contributed by atoms with E-state index in [1.165, 1.54) is 17.7 Å². The molecule has 1 unspecified atom stereocenters. The zero-order valence-corrected chi connectivity index (χ0v) is 25.7. The Labute approximate surface area is 264 Å². The molecule has 46 heavy (non-hydrogen) atoms. The number of nitro groups is 2. The fourth-order valence-corrected chi connectivity index (χ4v) is 5.92. The predicted molar refractivity (Wildman–Crippen MR) is 166 cm³/mol. The van der Waals surface area contributed by atoms with Crippen LogP contribution in [0.3, 0.4) is 0 Å². The maximum absolute atomic E-state index is 13.9. The first-order valence-corrected chi connectivity index (χ1v) is 14.5. The molecule has 1 atom stereocenters. The third kappa shape index (κ3) is 6.08. The van der Waals surface area contributed by atoms with Gasteiger partial charge in [-0.3, -0.25) is 29.6 Å². The van der Waals surface area contributed by atoms with E-state index >= 15 is 0 Å². The van der Waals surface area contributed by atoms with E-state index in [4.69, 9.17) is 18.9 Å². The molecule has 0 saturated heterocycles. The second-order valence-corrected chi connectivity index (χ2v) is 10.8. The van der Waals surface area contributed by atoms with Gasteiger partial charge in [0.15, 0.2) is 16.3 Å². The molecule has 5 rings (SSSR count). The largest absolute Gasteiger partial charge is 0.497 e. The number of ether oxygens (including phenoxy) is 4. The van der Waals surface area contributed by atoms with Crippen molar-refractivity contribution in [3.63, 3.8) is 0 Å². The summed E-state index contributed by atoms with van der Waals surface area (Å²) in [4.78, 5) is 53.1. The van der Waals surface area contributed by atoms with Crippen molar-refractivity contribution in [3.8, 4) is 23.0 Å². The van der Waals surface area contributed by atoms with Crippen molar-refractivity contribution in [2.45, 2.75) is 19.9 Å². The first-order valence-electron chi connectivity index (χ1n) is 13.7. The first-order chi connectivity index (χ1) is 22.1. The lowest BCUT2D eigenvalue weighted by Gasteiger charge is -2.24. The minimum absolute atomic E-state index is 0.104. The van der Waals surface area contributed by atoms with Crippen LogP contribution in [0.4, 0.5) is 11.4 Å². The number of nitro benzene ring substituents is 2. The van der Waals surface area contributed by atoms with Crippen LogP contribution >= 0.6 is 11.3 Å². The third-order valence-electron chi connectivity index (χ3n) is 7.00. The fourth-order valence-electron chi connectivity index (χ4n) is 4.87. The first kappa shape index (κ1) is 31.6. The molecular formula is C31H26N4O10S. The van der Waals surface area contributed by atoms with E-state index < -0.39 is 33.2 Å². The summed E-state index contributed by atoms with van der Waals surface area (Å²) in [5, 5.41) is 22.6. The highest BCUT2D eigenvalue weighted by molar-refractivity contribution is 7.07. The number of methoxy groups -OCH3 is 2. The monoisotopic (exact) mass is 646 g/mol. The summed E-state index contributed by atoms with van der Waals surface area (Å²) in [5.41, 5.74) is 0.431. The number of hydrogen-bond donors (Lipinski definition) is 0. The van der Waals surface area contributed by atoms with Gasteiger partial charge in [-0.15, -0.1) is 0 Å². The molecule has 3 aromatic carbocycles. The number of thiazole rings is 1. The van der Waals surface area contributed by atoms with Crippen molar-refractivity contribution in [2.24, 2.45) is 4.99 Å². The van der Waals surface area contributed by atoms with Crippen molar-refractivity contribution in [1.29, 1.82) is 0 Å². The van der Waals surface area contributed by atoms with Crippen molar-refractivity contribution in [1.82, 2.24) is 4.57 Å². The standard InChI is InChI=1S/C31H26N4O10S/c1-5-44-30(37)27-17(2)32-31-33(28(27)19-7-10-21(42-3)11-8-19)29(36)26(46-31)15-18-6-12-24(25(14-18)43-4)45-23-13-9-20(34(38)39)16-22(23)35(40)41/h6-16,28H,5H2,1-4H3. The van der Waals surface area contributed by atoms with E-state index in [0.29, 0.717) is 31.9 Å². The van der Waals surface area contributed by atoms with Crippen LogP contribution < -0.4 is 29.1 Å². The molecule has 1 aliphatic heterocycles. The van der Waals surface area contributed by atoms with Gasteiger partial charge in [-0.25, -0.2) is 9.79 Å². The molecular weight excluding hydrogens is 620 g/mol. The maximum Gasteiger partial charge on any atom is 0.338 e. The molecule has 0 saturated carbocycles. The number of aromatic nitrogens is 1. The number of benzene rings is 3. The number of nitrogens with zero attached hydrogens (tertiary/aromatic N) is 4. The van der Waals surface area contributed by atoms with E-state index in [-0.39, 0.29) is 35.0 Å². The molecule has 0 fully saturated rings. The number of non-ortho nitro benzene ring substituents is 1. The van der Waals surface area contributed by atoms with Crippen molar-refractivity contribution in [3.05, 3.63) is 123 Å². The summed E-state index contributed by atoms with van der Waals surface area (Å²) in [5.74, 6) is 0.103. The van der Waals surface area contributed by atoms with Crippen LogP contribution in [0.2, 0.25) is 0 Å². The maximum atomic E-state index is 13.9. The Morgan fingerprint density at radius 1 is 0.978 bits per heavy atom. The van der Waals surface area contributed by atoms with Gasteiger partial charge in [0.2, 0.25) is 5.75 Å². The third-order valence-corrected chi connectivity index (χ3v) is 7.99. The Balaban J connectivity index is 1.57. The summed E-state index contributed by atoms with van der Waals surface area (Å²) in [6, 6.07) is 14.0. The van der Waals surface area contributed by atoms with E-state index in [9.17, 15) is 29.8 Å². The second-order valence-electron chi connectivity index (χ2n) is 9.75. The lowest BCUT2D eigenvalue weighted by Crippen LogP contribution is -2.39. The Hall–Kier alpha value is -5.83. The number of allylic oxidation sites excluding steroid dienone is 1. The Kier molecular flexibility index (Phi) is 8.95. The van der Waals surface area contributed by atoms with Crippen molar-refractivity contribution < 1.29 is 33.6 Å². The summed E-state index contributed by atoms with van der Waals surface area (Å²) >= 11 is 1.14. The van der Waals surface area contributed by atoms with Crippen LogP contribution in [-0.4, -0.2) is 41.2 Å². The molecule has 15 heteroatoms. The van der Waals surface area contributed by atoms with Gasteiger partial charge in [0.25, 0.3) is 11.2 Å². The molecule has 1 aliphatic rings. The van der Waals surface area contributed by atoms with Crippen LogP contribution in [0.1, 0.15) is 31.0 Å². The quantitative estimate of drug-likeness (QED) is 0.136. The number of fused-ring (bicyclic) bond motifs is 1. The average Bonchev–Trinajstić information content (AvgIpc) is 3.34. The fraction of sp³-hybridized carbons (Fsp3) is 0.194. The topological polar surface area (TPSA) is 175 Å². The molecule has 236 valence electrons. The van der Waals surface area contributed by atoms with Crippen LogP contribution in [-0.2, 0) is 9.53 Å². The zero-order valence-electron chi connectivity index (χ0n) is 24.9.